The van der Waals surface area contributed by atoms with E-state index < -0.39 is 10.2 Å². The van der Waals surface area contributed by atoms with Gasteiger partial charge >= 0.3 is 0 Å². The van der Waals surface area contributed by atoms with Crippen LogP contribution in [0, 0.1) is 5.92 Å². The van der Waals surface area contributed by atoms with Gasteiger partial charge in [-0.05, 0) is 45.7 Å². The van der Waals surface area contributed by atoms with Crippen molar-refractivity contribution in [3.05, 3.63) is 0 Å². The summed E-state index contributed by atoms with van der Waals surface area (Å²) in [5, 5.41) is 3.28. The molecule has 0 saturated carbocycles. The maximum atomic E-state index is 12.3. The summed E-state index contributed by atoms with van der Waals surface area (Å²) < 4.78 is 34.4. The Kier molecular flexibility index (Phi) is 5.19. The van der Waals surface area contributed by atoms with Gasteiger partial charge in [-0.3, -0.25) is 0 Å². The number of ether oxygens (including phenoxy) is 1. The SMILES string of the molecule is CC1CN(S(=O)(=O)NCC2CCNCC2)CC(C)O1. The molecule has 0 radical (unpaired) electrons. The largest absolute Gasteiger partial charge is 0.373 e. The normalized spacial score (nSPS) is 31.5. The predicted octanol–water partition coefficient (Wildman–Crippen LogP) is -0.0704. The third kappa shape index (κ3) is 4.39. The van der Waals surface area contributed by atoms with Gasteiger partial charge in [0.05, 0.1) is 12.2 Å². The molecule has 0 aromatic rings. The van der Waals surface area contributed by atoms with Gasteiger partial charge < -0.3 is 10.1 Å². The molecule has 2 heterocycles. The summed E-state index contributed by atoms with van der Waals surface area (Å²) in [6.07, 6.45) is 2.00. The lowest BCUT2D eigenvalue weighted by atomic mass is 9.99. The zero-order chi connectivity index (χ0) is 13.9. The van der Waals surface area contributed by atoms with Crippen molar-refractivity contribution < 1.29 is 13.2 Å². The van der Waals surface area contributed by atoms with Crippen LogP contribution in [0.4, 0.5) is 0 Å². The molecule has 0 bridgehead atoms. The Morgan fingerprint density at radius 3 is 2.37 bits per heavy atom. The van der Waals surface area contributed by atoms with Crippen LogP contribution in [0.2, 0.25) is 0 Å². The van der Waals surface area contributed by atoms with Gasteiger partial charge in [-0.1, -0.05) is 0 Å². The van der Waals surface area contributed by atoms with Crippen LogP contribution in [0.1, 0.15) is 26.7 Å². The van der Waals surface area contributed by atoms with Crippen LogP contribution >= 0.6 is 0 Å². The van der Waals surface area contributed by atoms with Gasteiger partial charge in [0, 0.05) is 19.6 Å². The zero-order valence-corrected chi connectivity index (χ0v) is 12.6. The summed E-state index contributed by atoms with van der Waals surface area (Å²) in [6, 6.07) is 0. The second-order valence-corrected chi connectivity index (χ2v) is 7.38. The molecule has 2 saturated heterocycles. The fourth-order valence-electron chi connectivity index (χ4n) is 2.73. The van der Waals surface area contributed by atoms with Gasteiger partial charge in [-0.15, -0.1) is 0 Å². The number of rotatable bonds is 4. The second kappa shape index (κ2) is 6.49. The van der Waals surface area contributed by atoms with Gasteiger partial charge in [0.25, 0.3) is 10.2 Å². The molecule has 0 aromatic heterocycles. The van der Waals surface area contributed by atoms with E-state index in [-0.39, 0.29) is 12.2 Å². The molecule has 6 nitrogen and oxygen atoms in total. The van der Waals surface area contributed by atoms with Gasteiger partial charge in [0.15, 0.2) is 0 Å². The maximum Gasteiger partial charge on any atom is 0.279 e. The average Bonchev–Trinajstić information content (AvgIpc) is 2.37. The first-order valence-corrected chi connectivity index (χ1v) is 8.52. The van der Waals surface area contributed by atoms with Crippen molar-refractivity contribution in [3.63, 3.8) is 0 Å². The highest BCUT2D eigenvalue weighted by atomic mass is 32.2. The number of hydrogen-bond donors (Lipinski definition) is 2. The first-order chi connectivity index (χ1) is 8.97. The number of nitrogens with zero attached hydrogens (tertiary/aromatic N) is 1. The number of piperidine rings is 1. The van der Waals surface area contributed by atoms with E-state index in [1.807, 2.05) is 13.8 Å². The van der Waals surface area contributed by atoms with E-state index in [2.05, 4.69) is 10.0 Å². The van der Waals surface area contributed by atoms with E-state index in [0.29, 0.717) is 25.6 Å². The monoisotopic (exact) mass is 291 g/mol. The molecule has 19 heavy (non-hydrogen) atoms. The molecule has 2 N–H and O–H groups in total. The molecule has 0 aromatic carbocycles. The van der Waals surface area contributed by atoms with Gasteiger partial charge in [0.2, 0.25) is 0 Å². The Morgan fingerprint density at radius 2 is 1.79 bits per heavy atom. The molecule has 2 fully saturated rings. The highest BCUT2D eigenvalue weighted by Crippen LogP contribution is 2.15. The Bertz CT molecular complexity index is 372. The summed E-state index contributed by atoms with van der Waals surface area (Å²) in [7, 11) is -3.37. The molecule has 0 spiro atoms. The molecule has 2 atom stereocenters. The van der Waals surface area contributed by atoms with E-state index >= 15 is 0 Å². The van der Waals surface area contributed by atoms with Crippen LogP contribution in [-0.4, -0.2) is 57.7 Å². The number of morpholine rings is 1. The Balaban J connectivity index is 1.86. The summed E-state index contributed by atoms with van der Waals surface area (Å²) in [4.78, 5) is 0. The Labute approximate surface area is 116 Å². The summed E-state index contributed by atoms with van der Waals surface area (Å²) in [6.45, 7) is 7.20. The molecular formula is C12H25N3O3S. The standard InChI is InChI=1S/C12H25N3O3S/c1-10-8-15(9-11(2)18-10)19(16,17)14-7-12-3-5-13-6-4-12/h10-14H,3-9H2,1-2H3. The minimum atomic E-state index is -3.37. The van der Waals surface area contributed by atoms with Crippen molar-refractivity contribution in [1.29, 1.82) is 0 Å². The van der Waals surface area contributed by atoms with Crippen LogP contribution in [0.25, 0.3) is 0 Å². The van der Waals surface area contributed by atoms with Crippen LogP contribution in [0.3, 0.4) is 0 Å². The molecule has 2 unspecified atom stereocenters. The van der Waals surface area contributed by atoms with Crippen molar-refractivity contribution in [1.82, 2.24) is 14.3 Å². The fraction of sp³-hybridized carbons (Fsp3) is 1.00. The molecular weight excluding hydrogens is 266 g/mol. The maximum absolute atomic E-state index is 12.3. The lowest BCUT2D eigenvalue weighted by Gasteiger charge is -2.34. The van der Waals surface area contributed by atoms with E-state index in [0.717, 1.165) is 25.9 Å². The smallest absolute Gasteiger partial charge is 0.279 e. The molecule has 2 aliphatic heterocycles. The van der Waals surface area contributed by atoms with Crippen molar-refractivity contribution >= 4 is 10.2 Å². The van der Waals surface area contributed by atoms with E-state index in [1.54, 1.807) is 0 Å². The second-order valence-electron chi connectivity index (χ2n) is 5.62. The van der Waals surface area contributed by atoms with E-state index in [4.69, 9.17) is 4.74 Å². The third-order valence-corrected chi connectivity index (χ3v) is 5.25. The van der Waals surface area contributed by atoms with Crippen molar-refractivity contribution in [2.24, 2.45) is 5.92 Å². The average molecular weight is 291 g/mol. The molecule has 0 aliphatic carbocycles. The van der Waals surface area contributed by atoms with Crippen molar-refractivity contribution in [2.45, 2.75) is 38.9 Å². The van der Waals surface area contributed by atoms with Crippen LogP contribution in [-0.2, 0) is 14.9 Å². The lowest BCUT2D eigenvalue weighted by Crippen LogP contribution is -2.52. The fourth-order valence-corrected chi connectivity index (χ4v) is 4.17. The Morgan fingerprint density at radius 1 is 1.21 bits per heavy atom. The summed E-state index contributed by atoms with van der Waals surface area (Å²) in [5.41, 5.74) is 0. The van der Waals surface area contributed by atoms with Gasteiger partial charge in [-0.25, -0.2) is 4.72 Å². The lowest BCUT2D eigenvalue weighted by molar-refractivity contribution is -0.0444. The van der Waals surface area contributed by atoms with Crippen molar-refractivity contribution in [2.75, 3.05) is 32.7 Å². The highest BCUT2D eigenvalue weighted by molar-refractivity contribution is 7.87. The van der Waals surface area contributed by atoms with Crippen LogP contribution in [0.5, 0.6) is 0 Å². The predicted molar refractivity (Wildman–Crippen MR) is 74.1 cm³/mol. The molecule has 0 amide bonds. The minimum absolute atomic E-state index is 0.0424. The minimum Gasteiger partial charge on any atom is -0.373 e. The highest BCUT2D eigenvalue weighted by Gasteiger charge is 2.31. The van der Waals surface area contributed by atoms with Gasteiger partial charge in [-0.2, -0.15) is 12.7 Å². The molecule has 2 aliphatic rings. The third-order valence-electron chi connectivity index (χ3n) is 3.74. The van der Waals surface area contributed by atoms with Crippen molar-refractivity contribution in [3.8, 4) is 0 Å². The topological polar surface area (TPSA) is 70.7 Å². The van der Waals surface area contributed by atoms with Crippen LogP contribution < -0.4 is 10.0 Å². The van der Waals surface area contributed by atoms with E-state index in [1.165, 1.54) is 4.31 Å². The number of nitrogens with one attached hydrogen (secondary N) is 2. The molecule has 112 valence electrons. The molecule has 2 rings (SSSR count). The molecule has 7 heteroatoms. The van der Waals surface area contributed by atoms with Gasteiger partial charge in [0.1, 0.15) is 0 Å². The zero-order valence-electron chi connectivity index (χ0n) is 11.8. The van der Waals surface area contributed by atoms with E-state index in [9.17, 15) is 8.42 Å². The van der Waals surface area contributed by atoms with Crippen LogP contribution in [0.15, 0.2) is 0 Å². The first kappa shape index (κ1) is 15.2. The number of hydrogen-bond acceptors (Lipinski definition) is 4. The summed E-state index contributed by atoms with van der Waals surface area (Å²) in [5.74, 6) is 0.451. The first-order valence-electron chi connectivity index (χ1n) is 7.08. The summed E-state index contributed by atoms with van der Waals surface area (Å²) >= 11 is 0. The Hall–Kier alpha value is -0.210. The quantitative estimate of drug-likeness (QED) is 0.761.